The van der Waals surface area contributed by atoms with Gasteiger partial charge >= 0.3 is 0 Å². The van der Waals surface area contributed by atoms with Crippen molar-refractivity contribution < 1.29 is 9.84 Å². The second-order valence-electron chi connectivity index (χ2n) is 7.99. The molecule has 0 bridgehead atoms. The molecule has 2 aromatic rings. The molecule has 4 nitrogen and oxygen atoms in total. The molecule has 0 aromatic heterocycles. The van der Waals surface area contributed by atoms with Crippen molar-refractivity contribution in [1.82, 2.24) is 5.32 Å². The molecule has 144 valence electrons. The van der Waals surface area contributed by atoms with Gasteiger partial charge in [0.05, 0.1) is 5.60 Å². The third kappa shape index (κ3) is 4.82. The second-order valence-corrected chi connectivity index (χ2v) is 7.99. The number of nitrogens with one attached hydrogen (secondary N) is 1. The Hall–Kier alpha value is -2.04. The van der Waals surface area contributed by atoms with Crippen LogP contribution in [0.4, 0.5) is 5.69 Å². The highest BCUT2D eigenvalue weighted by Crippen LogP contribution is 2.28. The Balaban J connectivity index is 1.25. The number of ether oxygens (including phenoxy) is 1. The van der Waals surface area contributed by atoms with Gasteiger partial charge in [-0.3, -0.25) is 0 Å². The molecule has 2 fully saturated rings. The summed E-state index contributed by atoms with van der Waals surface area (Å²) in [4.78, 5) is 2.36. The van der Waals surface area contributed by atoms with Gasteiger partial charge < -0.3 is 20.1 Å². The molecule has 0 atom stereocenters. The molecule has 0 amide bonds. The molecule has 2 aliphatic rings. The van der Waals surface area contributed by atoms with Crippen molar-refractivity contribution in [2.75, 3.05) is 24.5 Å². The summed E-state index contributed by atoms with van der Waals surface area (Å²) < 4.78 is 5.87. The molecular formula is C23H30N2O2. The van der Waals surface area contributed by atoms with Crippen LogP contribution < -0.4 is 15.0 Å². The van der Waals surface area contributed by atoms with E-state index in [1.807, 2.05) is 30.3 Å². The Morgan fingerprint density at radius 2 is 1.70 bits per heavy atom. The second kappa shape index (κ2) is 8.32. The third-order valence-corrected chi connectivity index (χ3v) is 5.97. The molecule has 4 heteroatoms. The van der Waals surface area contributed by atoms with E-state index in [4.69, 9.17) is 4.74 Å². The van der Waals surface area contributed by atoms with Crippen molar-refractivity contribution >= 4 is 5.69 Å². The van der Waals surface area contributed by atoms with E-state index < -0.39 is 5.60 Å². The number of rotatable bonds is 7. The van der Waals surface area contributed by atoms with Crippen LogP contribution in [0.1, 0.15) is 37.7 Å². The van der Waals surface area contributed by atoms with Gasteiger partial charge in [0.25, 0.3) is 0 Å². The Labute approximate surface area is 162 Å². The van der Waals surface area contributed by atoms with Gasteiger partial charge in [0.2, 0.25) is 0 Å². The van der Waals surface area contributed by atoms with Crippen LogP contribution in [0.15, 0.2) is 54.6 Å². The smallest absolute Gasteiger partial charge is 0.119 e. The fourth-order valence-corrected chi connectivity index (χ4v) is 3.80. The maximum Gasteiger partial charge on any atom is 0.119 e. The summed E-state index contributed by atoms with van der Waals surface area (Å²) in [6.07, 6.45) is 5.49. The minimum atomic E-state index is -0.551. The maximum atomic E-state index is 10.8. The molecule has 2 N–H and O–H groups in total. The highest BCUT2D eigenvalue weighted by atomic mass is 16.5. The minimum absolute atomic E-state index is 0.551. The number of piperidine rings is 1. The zero-order valence-electron chi connectivity index (χ0n) is 15.9. The van der Waals surface area contributed by atoms with Crippen LogP contribution in [0, 0.1) is 0 Å². The summed E-state index contributed by atoms with van der Waals surface area (Å²) in [6, 6.07) is 19.2. The van der Waals surface area contributed by atoms with Gasteiger partial charge in [-0.05, 0) is 55.5 Å². The highest BCUT2D eigenvalue weighted by molar-refractivity contribution is 5.49. The van der Waals surface area contributed by atoms with E-state index in [0.717, 1.165) is 38.2 Å². The van der Waals surface area contributed by atoms with Crippen molar-refractivity contribution in [2.45, 2.75) is 50.4 Å². The molecule has 1 aliphatic carbocycles. The largest absolute Gasteiger partial charge is 0.489 e. The summed E-state index contributed by atoms with van der Waals surface area (Å²) >= 11 is 0. The Kier molecular flexibility index (Phi) is 5.65. The molecular weight excluding hydrogens is 336 g/mol. The van der Waals surface area contributed by atoms with Crippen LogP contribution in [0.25, 0.3) is 0 Å². The zero-order valence-corrected chi connectivity index (χ0v) is 15.9. The van der Waals surface area contributed by atoms with Crippen LogP contribution in [0.2, 0.25) is 0 Å². The standard InChI is InChI=1S/C23H30N2O2/c26-23(18-24-20-7-4-8-20)13-15-25(16-14-23)21-9-11-22(12-10-21)27-17-19-5-2-1-3-6-19/h1-3,5-6,9-12,20,24,26H,4,7-8,13-18H2. The molecule has 0 unspecified atom stereocenters. The first kappa shape index (κ1) is 18.3. The van der Waals surface area contributed by atoms with Crippen molar-refractivity contribution in [3.8, 4) is 5.75 Å². The van der Waals surface area contributed by atoms with Crippen LogP contribution in [0.3, 0.4) is 0 Å². The first-order valence-electron chi connectivity index (χ1n) is 10.2. The lowest BCUT2D eigenvalue weighted by Crippen LogP contribution is -2.52. The molecule has 0 radical (unpaired) electrons. The predicted molar refractivity (Wildman–Crippen MR) is 109 cm³/mol. The van der Waals surface area contributed by atoms with Crippen LogP contribution in [0.5, 0.6) is 5.75 Å². The number of hydrogen-bond donors (Lipinski definition) is 2. The van der Waals surface area contributed by atoms with E-state index in [9.17, 15) is 5.11 Å². The lowest BCUT2D eigenvalue weighted by atomic mass is 9.88. The molecule has 1 saturated carbocycles. The summed E-state index contributed by atoms with van der Waals surface area (Å²) in [5.74, 6) is 0.890. The van der Waals surface area contributed by atoms with E-state index >= 15 is 0 Å². The van der Waals surface area contributed by atoms with Gasteiger partial charge in [-0.25, -0.2) is 0 Å². The van der Waals surface area contributed by atoms with Crippen molar-refractivity contribution in [3.63, 3.8) is 0 Å². The van der Waals surface area contributed by atoms with Crippen LogP contribution in [-0.4, -0.2) is 36.4 Å². The number of hydrogen-bond acceptors (Lipinski definition) is 4. The minimum Gasteiger partial charge on any atom is -0.489 e. The quantitative estimate of drug-likeness (QED) is 0.784. The highest BCUT2D eigenvalue weighted by Gasteiger charge is 2.33. The van der Waals surface area contributed by atoms with Crippen molar-refractivity contribution in [1.29, 1.82) is 0 Å². The maximum absolute atomic E-state index is 10.8. The molecule has 0 spiro atoms. The molecule has 4 rings (SSSR count). The Bertz CT molecular complexity index is 705. The van der Waals surface area contributed by atoms with Crippen molar-refractivity contribution in [3.05, 3.63) is 60.2 Å². The predicted octanol–water partition coefficient (Wildman–Crippen LogP) is 3.74. The van der Waals surface area contributed by atoms with Gasteiger partial charge in [0.15, 0.2) is 0 Å². The fourth-order valence-electron chi connectivity index (χ4n) is 3.80. The van der Waals surface area contributed by atoms with Gasteiger partial charge in [0, 0.05) is 31.4 Å². The van der Waals surface area contributed by atoms with E-state index in [2.05, 4.69) is 34.5 Å². The van der Waals surface area contributed by atoms with E-state index in [1.54, 1.807) is 0 Å². The molecule has 1 saturated heterocycles. The Morgan fingerprint density at radius 3 is 2.33 bits per heavy atom. The first-order valence-corrected chi connectivity index (χ1v) is 10.2. The summed E-state index contributed by atoms with van der Waals surface area (Å²) in [5.41, 5.74) is 1.83. The van der Waals surface area contributed by atoms with E-state index in [0.29, 0.717) is 12.6 Å². The van der Waals surface area contributed by atoms with E-state index in [-0.39, 0.29) is 0 Å². The van der Waals surface area contributed by atoms with Crippen LogP contribution >= 0.6 is 0 Å². The normalized spacial score (nSPS) is 19.5. The molecule has 27 heavy (non-hydrogen) atoms. The van der Waals surface area contributed by atoms with Crippen molar-refractivity contribution in [2.24, 2.45) is 0 Å². The lowest BCUT2D eigenvalue weighted by molar-refractivity contribution is 0.0119. The number of nitrogens with zero attached hydrogens (tertiary/aromatic N) is 1. The Morgan fingerprint density at radius 1 is 1.00 bits per heavy atom. The van der Waals surface area contributed by atoms with Gasteiger partial charge in [-0.2, -0.15) is 0 Å². The average molecular weight is 367 g/mol. The lowest BCUT2D eigenvalue weighted by Gasteiger charge is -2.41. The summed E-state index contributed by atoms with van der Waals surface area (Å²) in [7, 11) is 0. The molecule has 1 heterocycles. The summed E-state index contributed by atoms with van der Waals surface area (Å²) in [5, 5.41) is 14.4. The number of aliphatic hydroxyl groups is 1. The van der Waals surface area contributed by atoms with E-state index in [1.165, 1.54) is 30.5 Å². The third-order valence-electron chi connectivity index (χ3n) is 5.97. The topological polar surface area (TPSA) is 44.7 Å². The zero-order chi connectivity index (χ0) is 18.5. The first-order chi connectivity index (χ1) is 13.2. The van der Waals surface area contributed by atoms with Gasteiger partial charge in [-0.1, -0.05) is 36.8 Å². The fraction of sp³-hybridized carbons (Fsp3) is 0.478. The molecule has 2 aromatic carbocycles. The SMILES string of the molecule is OC1(CNC2CCC2)CCN(c2ccc(OCc3ccccc3)cc2)CC1. The van der Waals surface area contributed by atoms with Gasteiger partial charge in [-0.15, -0.1) is 0 Å². The number of anilines is 1. The van der Waals surface area contributed by atoms with Crippen LogP contribution in [-0.2, 0) is 6.61 Å². The summed E-state index contributed by atoms with van der Waals surface area (Å²) in [6.45, 7) is 3.11. The number of benzene rings is 2. The van der Waals surface area contributed by atoms with Gasteiger partial charge in [0.1, 0.15) is 12.4 Å². The average Bonchev–Trinajstić information content (AvgIpc) is 2.67. The monoisotopic (exact) mass is 366 g/mol. The molecule has 1 aliphatic heterocycles.